The predicted octanol–water partition coefficient (Wildman–Crippen LogP) is 4.21. The summed E-state index contributed by atoms with van der Waals surface area (Å²) in [5.41, 5.74) is 2.61. The van der Waals surface area contributed by atoms with Crippen molar-refractivity contribution in [1.82, 2.24) is 19.9 Å². The number of furan rings is 1. The normalized spacial score (nSPS) is 13.2. The van der Waals surface area contributed by atoms with Crippen molar-refractivity contribution in [2.45, 2.75) is 12.8 Å². The highest BCUT2D eigenvalue weighted by atomic mass is 16.3. The zero-order valence-corrected chi connectivity index (χ0v) is 15.4. The van der Waals surface area contributed by atoms with E-state index in [0.717, 1.165) is 18.4 Å². The second-order valence-electron chi connectivity index (χ2n) is 6.82. The minimum Gasteiger partial charge on any atom is -0.463 e. The summed E-state index contributed by atoms with van der Waals surface area (Å²) in [6.07, 6.45) is 6.66. The molecule has 1 aromatic carbocycles. The Morgan fingerprint density at radius 3 is 2.59 bits per heavy atom. The lowest BCUT2D eigenvalue weighted by Crippen LogP contribution is -2.15. The molecule has 29 heavy (non-hydrogen) atoms. The van der Waals surface area contributed by atoms with Gasteiger partial charge in [-0.05, 0) is 31.0 Å². The van der Waals surface area contributed by atoms with Crippen LogP contribution in [0.5, 0.6) is 0 Å². The van der Waals surface area contributed by atoms with E-state index in [4.69, 9.17) is 4.42 Å². The van der Waals surface area contributed by atoms with Gasteiger partial charge in [-0.3, -0.25) is 4.79 Å². The van der Waals surface area contributed by atoms with Gasteiger partial charge in [-0.1, -0.05) is 30.3 Å². The van der Waals surface area contributed by atoms with Crippen LogP contribution < -0.4 is 5.32 Å². The van der Waals surface area contributed by atoms with Crippen molar-refractivity contribution in [3.63, 3.8) is 0 Å². The fraction of sp³-hybridized carbons (Fsp3) is 0.136. The minimum atomic E-state index is -0.0224. The van der Waals surface area contributed by atoms with Gasteiger partial charge in [0.05, 0.1) is 18.2 Å². The van der Waals surface area contributed by atoms with Crippen LogP contribution in [0.25, 0.3) is 34.2 Å². The molecular formula is C22H17N5O2. The lowest BCUT2D eigenvalue weighted by molar-refractivity contribution is -0.117. The summed E-state index contributed by atoms with van der Waals surface area (Å²) in [7, 11) is 0. The van der Waals surface area contributed by atoms with Gasteiger partial charge in [0.1, 0.15) is 11.4 Å². The maximum atomic E-state index is 12.1. The topological polar surface area (TPSA) is 93.8 Å². The molecule has 5 rings (SSSR count). The van der Waals surface area contributed by atoms with Crippen LogP contribution in [0.15, 0.2) is 71.6 Å². The average Bonchev–Trinajstić information content (AvgIpc) is 3.49. The number of carbonyl (C=O) groups excluding carboxylic acids is 1. The quantitative estimate of drug-likeness (QED) is 0.555. The summed E-state index contributed by atoms with van der Waals surface area (Å²) in [6, 6.07) is 15.1. The molecule has 1 fully saturated rings. The van der Waals surface area contributed by atoms with Crippen molar-refractivity contribution in [1.29, 1.82) is 0 Å². The van der Waals surface area contributed by atoms with Crippen LogP contribution >= 0.6 is 0 Å². The molecule has 1 amide bonds. The molecule has 0 aliphatic heterocycles. The van der Waals surface area contributed by atoms with E-state index in [1.165, 1.54) is 0 Å². The molecule has 1 saturated carbocycles. The van der Waals surface area contributed by atoms with E-state index in [0.29, 0.717) is 34.5 Å². The summed E-state index contributed by atoms with van der Waals surface area (Å²) < 4.78 is 5.56. The zero-order valence-electron chi connectivity index (χ0n) is 15.4. The van der Waals surface area contributed by atoms with Crippen molar-refractivity contribution in [2.75, 3.05) is 5.32 Å². The first-order valence-corrected chi connectivity index (χ1v) is 9.38. The first kappa shape index (κ1) is 17.2. The third kappa shape index (κ3) is 3.62. The summed E-state index contributed by atoms with van der Waals surface area (Å²) in [5, 5.41) is 2.84. The van der Waals surface area contributed by atoms with E-state index in [1.807, 2.05) is 30.3 Å². The number of aromatic nitrogens is 4. The molecule has 0 bridgehead atoms. The van der Waals surface area contributed by atoms with Crippen molar-refractivity contribution < 1.29 is 9.21 Å². The fourth-order valence-corrected chi connectivity index (χ4v) is 3.01. The van der Waals surface area contributed by atoms with Crippen LogP contribution in [-0.4, -0.2) is 25.8 Å². The van der Waals surface area contributed by atoms with Crippen molar-refractivity contribution in [2.24, 2.45) is 5.92 Å². The number of nitrogens with one attached hydrogen (secondary N) is 1. The van der Waals surface area contributed by atoms with Gasteiger partial charge in [-0.2, -0.15) is 0 Å². The van der Waals surface area contributed by atoms with Crippen LogP contribution in [0.2, 0.25) is 0 Å². The zero-order chi connectivity index (χ0) is 19.6. The Morgan fingerprint density at radius 1 is 0.966 bits per heavy atom. The first-order valence-electron chi connectivity index (χ1n) is 9.38. The highest BCUT2D eigenvalue weighted by Gasteiger charge is 2.30. The maximum absolute atomic E-state index is 12.1. The molecular weight excluding hydrogens is 366 g/mol. The third-order valence-corrected chi connectivity index (χ3v) is 4.66. The number of nitrogens with zero attached hydrogens (tertiary/aromatic N) is 4. The molecule has 7 nitrogen and oxygen atoms in total. The molecule has 0 saturated heterocycles. The van der Waals surface area contributed by atoms with Gasteiger partial charge in [0, 0.05) is 17.7 Å². The number of carbonyl (C=O) groups is 1. The van der Waals surface area contributed by atoms with Crippen LogP contribution in [0.4, 0.5) is 5.82 Å². The number of hydrogen-bond donors (Lipinski definition) is 1. The van der Waals surface area contributed by atoms with Crippen molar-refractivity contribution in [3.05, 3.63) is 67.2 Å². The number of rotatable bonds is 5. The lowest BCUT2D eigenvalue weighted by Gasteiger charge is -2.10. The molecule has 0 atom stereocenters. The van der Waals surface area contributed by atoms with E-state index in [9.17, 15) is 4.79 Å². The summed E-state index contributed by atoms with van der Waals surface area (Å²) in [4.78, 5) is 30.3. The van der Waals surface area contributed by atoms with Crippen LogP contribution in [-0.2, 0) is 4.79 Å². The molecule has 7 heteroatoms. The summed E-state index contributed by atoms with van der Waals surface area (Å²) >= 11 is 0. The molecule has 0 unspecified atom stereocenters. The molecule has 1 aliphatic rings. The van der Waals surface area contributed by atoms with Gasteiger partial charge in [0.2, 0.25) is 5.91 Å². The molecule has 1 aliphatic carbocycles. The van der Waals surface area contributed by atoms with E-state index in [1.54, 1.807) is 36.9 Å². The molecule has 142 valence electrons. The number of amides is 1. The molecule has 3 aromatic heterocycles. The van der Waals surface area contributed by atoms with Gasteiger partial charge >= 0.3 is 0 Å². The molecule has 0 radical (unpaired) electrons. The Bertz CT molecular complexity index is 1160. The fourth-order valence-electron chi connectivity index (χ4n) is 3.01. The SMILES string of the molecule is O=C(Nc1cnc(-c2ccnc(-c3ccccc3)n2)c(-c2ccco2)n1)C1CC1. The summed E-state index contributed by atoms with van der Waals surface area (Å²) in [6.45, 7) is 0. The Balaban J connectivity index is 1.56. The Morgan fingerprint density at radius 2 is 1.83 bits per heavy atom. The van der Waals surface area contributed by atoms with Crippen molar-refractivity contribution in [3.8, 4) is 34.2 Å². The van der Waals surface area contributed by atoms with Gasteiger partial charge in [-0.25, -0.2) is 19.9 Å². The Hall–Kier alpha value is -3.87. The van der Waals surface area contributed by atoms with E-state index in [2.05, 4.69) is 25.3 Å². The van der Waals surface area contributed by atoms with Crippen LogP contribution in [0.3, 0.4) is 0 Å². The van der Waals surface area contributed by atoms with E-state index < -0.39 is 0 Å². The predicted molar refractivity (Wildman–Crippen MR) is 108 cm³/mol. The monoisotopic (exact) mass is 383 g/mol. The van der Waals surface area contributed by atoms with E-state index in [-0.39, 0.29) is 11.8 Å². The van der Waals surface area contributed by atoms with Gasteiger partial charge in [-0.15, -0.1) is 0 Å². The number of benzene rings is 1. The number of hydrogen-bond acceptors (Lipinski definition) is 6. The van der Waals surface area contributed by atoms with Crippen LogP contribution in [0, 0.1) is 5.92 Å². The Labute approximate surface area is 166 Å². The first-order chi connectivity index (χ1) is 14.3. The molecule has 4 aromatic rings. The molecule has 0 spiro atoms. The maximum Gasteiger partial charge on any atom is 0.228 e. The van der Waals surface area contributed by atoms with E-state index >= 15 is 0 Å². The molecule has 1 N–H and O–H groups in total. The largest absolute Gasteiger partial charge is 0.463 e. The van der Waals surface area contributed by atoms with Crippen LogP contribution in [0.1, 0.15) is 12.8 Å². The third-order valence-electron chi connectivity index (χ3n) is 4.66. The summed E-state index contributed by atoms with van der Waals surface area (Å²) in [5.74, 6) is 1.61. The van der Waals surface area contributed by atoms with Gasteiger partial charge in [0.25, 0.3) is 0 Å². The number of anilines is 1. The van der Waals surface area contributed by atoms with Crippen molar-refractivity contribution >= 4 is 11.7 Å². The minimum absolute atomic E-state index is 0.0224. The standard InChI is InChI=1S/C22H17N5O2/c28-22(15-8-9-15)27-18-13-24-19(20(26-18)17-7-4-12-29-17)16-10-11-23-21(25-16)14-5-2-1-3-6-14/h1-7,10-13,15H,8-9H2,(H,26,27,28). The second kappa shape index (κ2) is 7.27. The Kier molecular flexibility index (Phi) is 4.32. The van der Waals surface area contributed by atoms with Gasteiger partial charge < -0.3 is 9.73 Å². The molecule has 3 heterocycles. The lowest BCUT2D eigenvalue weighted by atomic mass is 10.1. The highest BCUT2D eigenvalue weighted by Crippen LogP contribution is 2.32. The highest BCUT2D eigenvalue weighted by molar-refractivity contribution is 5.93. The van der Waals surface area contributed by atoms with Gasteiger partial charge in [0.15, 0.2) is 17.4 Å². The smallest absolute Gasteiger partial charge is 0.228 e. The average molecular weight is 383 g/mol. The second-order valence-corrected chi connectivity index (χ2v) is 6.82.